The van der Waals surface area contributed by atoms with Crippen molar-refractivity contribution in [2.75, 3.05) is 0 Å². The molecule has 1 aliphatic heterocycles. The van der Waals surface area contributed by atoms with Crippen molar-refractivity contribution >= 4 is 5.97 Å². The minimum Gasteiger partial charge on any atom is -0.460 e. The van der Waals surface area contributed by atoms with Gasteiger partial charge in [0.25, 0.3) is 0 Å². The van der Waals surface area contributed by atoms with Crippen molar-refractivity contribution < 1.29 is 9.53 Å². The molecule has 1 unspecified atom stereocenters. The second-order valence-electron chi connectivity index (χ2n) is 4.15. The Hall–Kier alpha value is -2.09. The van der Waals surface area contributed by atoms with Gasteiger partial charge in [-0.05, 0) is 16.7 Å². The van der Waals surface area contributed by atoms with Crippen LogP contribution in [0.5, 0.6) is 0 Å². The van der Waals surface area contributed by atoms with Gasteiger partial charge in [0, 0.05) is 0 Å². The molecule has 0 spiro atoms. The summed E-state index contributed by atoms with van der Waals surface area (Å²) in [7, 11) is 0. The molecule has 0 fully saturated rings. The Labute approximate surface area is 99.9 Å². The predicted molar refractivity (Wildman–Crippen MR) is 64.5 cm³/mol. The van der Waals surface area contributed by atoms with E-state index >= 15 is 0 Å². The molecule has 0 saturated carbocycles. The Balaban J connectivity index is 2.13. The van der Waals surface area contributed by atoms with Crippen LogP contribution in [0.4, 0.5) is 0 Å². The number of hydrogen-bond donors (Lipinski definition) is 0. The summed E-state index contributed by atoms with van der Waals surface area (Å²) in [4.78, 5) is 11.9. The van der Waals surface area contributed by atoms with E-state index in [2.05, 4.69) is 0 Å². The van der Waals surface area contributed by atoms with Gasteiger partial charge in [0.15, 0.2) is 0 Å². The molecule has 2 aromatic rings. The molecule has 0 saturated heterocycles. The van der Waals surface area contributed by atoms with E-state index in [9.17, 15) is 4.79 Å². The maximum atomic E-state index is 11.9. The third kappa shape index (κ3) is 1.72. The normalized spacial score (nSPS) is 18.4. The topological polar surface area (TPSA) is 26.3 Å². The average molecular weight is 224 g/mol. The molecule has 2 heteroatoms. The van der Waals surface area contributed by atoms with Gasteiger partial charge in [0.2, 0.25) is 0 Å². The third-order valence-corrected chi connectivity index (χ3v) is 3.10. The zero-order valence-corrected chi connectivity index (χ0v) is 9.30. The maximum Gasteiger partial charge on any atom is 0.318 e. The quantitative estimate of drug-likeness (QED) is 0.696. The summed E-state index contributed by atoms with van der Waals surface area (Å²) < 4.78 is 5.23. The van der Waals surface area contributed by atoms with Gasteiger partial charge in [0.1, 0.15) is 12.5 Å². The first-order valence-electron chi connectivity index (χ1n) is 5.65. The lowest BCUT2D eigenvalue weighted by molar-refractivity contribution is -0.147. The Morgan fingerprint density at radius 1 is 0.941 bits per heavy atom. The summed E-state index contributed by atoms with van der Waals surface area (Å²) in [6.45, 7) is 0.387. The van der Waals surface area contributed by atoms with Crippen LogP contribution in [0.3, 0.4) is 0 Å². The van der Waals surface area contributed by atoms with Crippen LogP contribution in [-0.4, -0.2) is 5.97 Å². The molecule has 84 valence electrons. The molecular weight excluding hydrogens is 212 g/mol. The van der Waals surface area contributed by atoms with E-state index in [4.69, 9.17) is 4.74 Å². The van der Waals surface area contributed by atoms with Gasteiger partial charge in [0.05, 0.1) is 0 Å². The van der Waals surface area contributed by atoms with Gasteiger partial charge in [-0.2, -0.15) is 0 Å². The highest BCUT2D eigenvalue weighted by Crippen LogP contribution is 2.32. The molecule has 1 aliphatic rings. The molecule has 17 heavy (non-hydrogen) atoms. The van der Waals surface area contributed by atoms with Gasteiger partial charge in [-0.1, -0.05) is 54.6 Å². The Bertz CT molecular complexity index is 546. The number of fused-ring (bicyclic) bond motifs is 1. The van der Waals surface area contributed by atoms with Crippen molar-refractivity contribution in [2.24, 2.45) is 0 Å². The first kappa shape index (κ1) is 10.1. The fourth-order valence-corrected chi connectivity index (χ4v) is 2.27. The van der Waals surface area contributed by atoms with E-state index in [0.717, 1.165) is 16.7 Å². The molecule has 2 aromatic carbocycles. The van der Waals surface area contributed by atoms with Gasteiger partial charge in [-0.3, -0.25) is 4.79 Å². The molecule has 0 bridgehead atoms. The first-order chi connectivity index (χ1) is 8.36. The van der Waals surface area contributed by atoms with Gasteiger partial charge in [-0.15, -0.1) is 0 Å². The molecule has 2 nitrogen and oxygen atoms in total. The molecule has 0 aliphatic carbocycles. The number of hydrogen-bond acceptors (Lipinski definition) is 2. The van der Waals surface area contributed by atoms with Crippen molar-refractivity contribution in [3.8, 4) is 0 Å². The van der Waals surface area contributed by atoms with Crippen LogP contribution in [0.2, 0.25) is 0 Å². The van der Waals surface area contributed by atoms with Crippen LogP contribution in [-0.2, 0) is 16.1 Å². The summed E-state index contributed by atoms with van der Waals surface area (Å²) in [5.74, 6) is -0.434. The van der Waals surface area contributed by atoms with Crippen molar-refractivity contribution in [2.45, 2.75) is 12.5 Å². The lowest BCUT2D eigenvalue weighted by Gasteiger charge is -2.24. The summed E-state index contributed by atoms with van der Waals surface area (Å²) in [6, 6.07) is 17.7. The maximum absolute atomic E-state index is 11.9. The second-order valence-corrected chi connectivity index (χ2v) is 4.15. The number of ether oxygens (including phenoxy) is 1. The van der Waals surface area contributed by atoms with Gasteiger partial charge < -0.3 is 4.74 Å². The Morgan fingerprint density at radius 3 is 2.47 bits per heavy atom. The van der Waals surface area contributed by atoms with Crippen molar-refractivity contribution in [1.82, 2.24) is 0 Å². The van der Waals surface area contributed by atoms with E-state index in [1.54, 1.807) is 0 Å². The fraction of sp³-hybridized carbons (Fsp3) is 0.133. The van der Waals surface area contributed by atoms with Crippen LogP contribution in [0.25, 0.3) is 0 Å². The lowest BCUT2D eigenvalue weighted by Crippen LogP contribution is -2.23. The van der Waals surface area contributed by atoms with Crippen LogP contribution < -0.4 is 0 Å². The standard InChI is InChI=1S/C15H12O2/c16-15-14(11-6-2-1-3-7-11)13-9-5-4-8-12(13)10-17-15/h1-9,14H,10H2. The fourth-order valence-electron chi connectivity index (χ4n) is 2.27. The van der Waals surface area contributed by atoms with Crippen LogP contribution in [0.15, 0.2) is 54.6 Å². The molecule has 0 aromatic heterocycles. The Kier molecular flexibility index (Phi) is 2.41. The summed E-state index contributed by atoms with van der Waals surface area (Å²) in [5, 5.41) is 0. The van der Waals surface area contributed by atoms with Crippen molar-refractivity contribution in [3.05, 3.63) is 71.3 Å². The third-order valence-electron chi connectivity index (χ3n) is 3.10. The monoisotopic (exact) mass is 224 g/mol. The van der Waals surface area contributed by atoms with E-state index in [0.29, 0.717) is 6.61 Å². The van der Waals surface area contributed by atoms with E-state index in [1.807, 2.05) is 54.6 Å². The van der Waals surface area contributed by atoms with Crippen LogP contribution >= 0.6 is 0 Å². The molecular formula is C15H12O2. The highest BCUT2D eigenvalue weighted by molar-refractivity contribution is 5.84. The molecule has 0 amide bonds. The van der Waals surface area contributed by atoms with Crippen LogP contribution in [0.1, 0.15) is 22.6 Å². The van der Waals surface area contributed by atoms with Crippen molar-refractivity contribution in [1.29, 1.82) is 0 Å². The van der Waals surface area contributed by atoms with Crippen LogP contribution in [0, 0.1) is 0 Å². The van der Waals surface area contributed by atoms with E-state index < -0.39 is 0 Å². The number of carbonyl (C=O) groups is 1. The van der Waals surface area contributed by atoms with Gasteiger partial charge in [-0.25, -0.2) is 0 Å². The molecule has 0 radical (unpaired) electrons. The largest absolute Gasteiger partial charge is 0.460 e. The molecule has 1 heterocycles. The highest BCUT2D eigenvalue weighted by Gasteiger charge is 2.30. The number of carbonyl (C=O) groups excluding carboxylic acids is 1. The molecule has 1 atom stereocenters. The number of rotatable bonds is 1. The second kappa shape index (κ2) is 4.06. The smallest absolute Gasteiger partial charge is 0.318 e. The summed E-state index contributed by atoms with van der Waals surface area (Å²) in [5.41, 5.74) is 3.15. The minimum atomic E-state index is -0.277. The number of cyclic esters (lactones) is 1. The highest BCUT2D eigenvalue weighted by atomic mass is 16.5. The average Bonchev–Trinajstić information content (AvgIpc) is 2.39. The van der Waals surface area contributed by atoms with E-state index in [1.165, 1.54) is 0 Å². The van der Waals surface area contributed by atoms with Crippen molar-refractivity contribution in [3.63, 3.8) is 0 Å². The molecule has 3 rings (SSSR count). The number of benzene rings is 2. The molecule has 0 N–H and O–H groups in total. The van der Waals surface area contributed by atoms with Gasteiger partial charge >= 0.3 is 5.97 Å². The SMILES string of the molecule is O=C1OCc2ccccc2C1c1ccccc1. The number of esters is 1. The van der Waals surface area contributed by atoms with E-state index in [-0.39, 0.29) is 11.9 Å². The Morgan fingerprint density at radius 2 is 1.65 bits per heavy atom. The summed E-state index contributed by atoms with van der Waals surface area (Å²) >= 11 is 0. The first-order valence-corrected chi connectivity index (χ1v) is 5.65. The lowest BCUT2D eigenvalue weighted by atomic mass is 9.87. The minimum absolute atomic E-state index is 0.157. The zero-order chi connectivity index (χ0) is 11.7. The zero-order valence-electron chi connectivity index (χ0n) is 9.30. The predicted octanol–water partition coefficient (Wildman–Crippen LogP) is 2.88. The summed E-state index contributed by atoms with van der Waals surface area (Å²) in [6.07, 6.45) is 0.